The van der Waals surface area contributed by atoms with Gasteiger partial charge < -0.3 is 20.1 Å². The molecule has 1 aromatic rings. The summed E-state index contributed by atoms with van der Waals surface area (Å²) in [5.41, 5.74) is 0.923. The number of nitrogens with one attached hydrogen (secondary N) is 2. The summed E-state index contributed by atoms with van der Waals surface area (Å²) in [6, 6.07) is 7.80. The molecule has 1 aliphatic rings. The maximum atomic E-state index is 11.9. The molecule has 0 radical (unpaired) electrons. The monoisotopic (exact) mass is 335 g/mol. The molecule has 2 rings (SSSR count). The maximum absolute atomic E-state index is 11.9. The Hall–Kier alpha value is -1.79. The van der Waals surface area contributed by atoms with Crippen LogP contribution in [-0.4, -0.2) is 62.8 Å². The van der Waals surface area contributed by atoms with Gasteiger partial charge in [0.2, 0.25) is 5.91 Å². The van der Waals surface area contributed by atoms with E-state index in [0.717, 1.165) is 44.3 Å². The van der Waals surface area contributed by atoms with Crippen LogP contribution in [0.4, 0.5) is 5.69 Å². The van der Waals surface area contributed by atoms with Gasteiger partial charge in [-0.05, 0) is 26.0 Å². The molecule has 0 spiro atoms. The summed E-state index contributed by atoms with van der Waals surface area (Å²) in [6.07, 6.45) is 0.565. The molecular weight excluding hydrogens is 306 g/mol. The zero-order valence-corrected chi connectivity index (χ0v) is 14.7. The van der Waals surface area contributed by atoms with E-state index in [1.807, 2.05) is 38.1 Å². The van der Waals surface area contributed by atoms with Crippen LogP contribution in [0, 0.1) is 0 Å². The third-order valence-electron chi connectivity index (χ3n) is 3.77. The number of benzene rings is 1. The normalized spacial score (nSPS) is 15.3. The van der Waals surface area contributed by atoms with Crippen LogP contribution in [0.3, 0.4) is 0 Å². The molecule has 0 aliphatic carbocycles. The highest BCUT2D eigenvalue weighted by atomic mass is 16.5. The second-order valence-electron chi connectivity index (χ2n) is 6.14. The molecule has 2 N–H and O–H groups in total. The van der Waals surface area contributed by atoms with Gasteiger partial charge in [-0.2, -0.15) is 0 Å². The fourth-order valence-corrected chi connectivity index (χ4v) is 2.55. The van der Waals surface area contributed by atoms with Crippen molar-refractivity contribution in [2.24, 2.45) is 0 Å². The van der Waals surface area contributed by atoms with Gasteiger partial charge in [0.05, 0.1) is 25.0 Å². The van der Waals surface area contributed by atoms with E-state index in [4.69, 9.17) is 9.47 Å². The van der Waals surface area contributed by atoms with E-state index in [2.05, 4.69) is 15.5 Å². The highest BCUT2D eigenvalue weighted by Gasteiger charge is 2.10. The van der Waals surface area contributed by atoms with Gasteiger partial charge in [-0.15, -0.1) is 0 Å². The number of carbonyl (C=O) groups excluding carboxylic acids is 1. The van der Waals surface area contributed by atoms with Gasteiger partial charge in [0.1, 0.15) is 5.75 Å². The van der Waals surface area contributed by atoms with Crippen molar-refractivity contribution in [3.8, 4) is 5.75 Å². The van der Waals surface area contributed by atoms with E-state index in [1.165, 1.54) is 0 Å². The minimum absolute atomic E-state index is 0.0676. The van der Waals surface area contributed by atoms with Crippen molar-refractivity contribution in [3.05, 3.63) is 24.3 Å². The topological polar surface area (TPSA) is 62.8 Å². The summed E-state index contributed by atoms with van der Waals surface area (Å²) in [7, 11) is 0. The number of hydrogen-bond donors (Lipinski definition) is 2. The summed E-state index contributed by atoms with van der Waals surface area (Å²) in [5, 5.41) is 6.25. The van der Waals surface area contributed by atoms with Crippen LogP contribution < -0.4 is 15.4 Å². The van der Waals surface area contributed by atoms with Crippen molar-refractivity contribution in [2.75, 3.05) is 51.3 Å². The maximum Gasteiger partial charge on any atom is 0.221 e. The lowest BCUT2D eigenvalue weighted by Crippen LogP contribution is -2.41. The second kappa shape index (κ2) is 10.2. The number of amides is 1. The summed E-state index contributed by atoms with van der Waals surface area (Å²) in [5.74, 6) is 0.887. The number of rotatable bonds is 9. The standard InChI is InChI=1S/C18H29N3O3/c1-15(2)24-17-6-4-3-5-16(17)19-8-7-18(22)20-9-10-21-11-13-23-14-12-21/h3-6,15,19H,7-14H2,1-2H3,(H,20,22). The molecule has 1 fully saturated rings. The molecule has 0 saturated carbocycles. The number of ether oxygens (including phenoxy) is 2. The molecule has 1 amide bonds. The van der Waals surface area contributed by atoms with Crippen LogP contribution in [-0.2, 0) is 9.53 Å². The molecule has 0 atom stereocenters. The second-order valence-corrected chi connectivity index (χ2v) is 6.14. The predicted octanol–water partition coefficient (Wildman–Crippen LogP) is 1.72. The lowest BCUT2D eigenvalue weighted by molar-refractivity contribution is -0.120. The quantitative estimate of drug-likeness (QED) is 0.719. The number of hydrogen-bond acceptors (Lipinski definition) is 5. The first-order valence-corrected chi connectivity index (χ1v) is 8.71. The first kappa shape index (κ1) is 18.5. The minimum Gasteiger partial charge on any atom is -0.489 e. The highest BCUT2D eigenvalue weighted by molar-refractivity contribution is 5.76. The molecule has 1 heterocycles. The van der Waals surface area contributed by atoms with Gasteiger partial charge in [0.25, 0.3) is 0 Å². The van der Waals surface area contributed by atoms with Gasteiger partial charge in [-0.1, -0.05) is 12.1 Å². The lowest BCUT2D eigenvalue weighted by Gasteiger charge is -2.26. The van der Waals surface area contributed by atoms with Crippen molar-refractivity contribution in [1.82, 2.24) is 10.2 Å². The summed E-state index contributed by atoms with van der Waals surface area (Å²) in [6.45, 7) is 9.62. The van der Waals surface area contributed by atoms with Crippen LogP contribution >= 0.6 is 0 Å². The molecule has 134 valence electrons. The van der Waals surface area contributed by atoms with E-state index in [-0.39, 0.29) is 12.0 Å². The molecule has 0 unspecified atom stereocenters. The van der Waals surface area contributed by atoms with E-state index >= 15 is 0 Å². The van der Waals surface area contributed by atoms with Gasteiger partial charge in [0, 0.05) is 39.1 Å². The fourth-order valence-electron chi connectivity index (χ4n) is 2.55. The fraction of sp³-hybridized carbons (Fsp3) is 0.611. The number of morpholine rings is 1. The summed E-state index contributed by atoms with van der Waals surface area (Å²) < 4.78 is 11.1. The summed E-state index contributed by atoms with van der Waals surface area (Å²) >= 11 is 0. The SMILES string of the molecule is CC(C)Oc1ccccc1NCCC(=O)NCCN1CCOCC1. The molecule has 1 aliphatic heterocycles. The van der Waals surface area contributed by atoms with E-state index < -0.39 is 0 Å². The Labute approximate surface area is 144 Å². The Balaban J connectivity index is 1.63. The smallest absolute Gasteiger partial charge is 0.221 e. The Morgan fingerprint density at radius 1 is 1.25 bits per heavy atom. The van der Waals surface area contributed by atoms with Crippen molar-refractivity contribution in [1.29, 1.82) is 0 Å². The first-order chi connectivity index (χ1) is 11.6. The number of anilines is 1. The lowest BCUT2D eigenvalue weighted by atomic mass is 10.2. The molecule has 1 aromatic carbocycles. The number of nitrogens with zero attached hydrogens (tertiary/aromatic N) is 1. The van der Waals surface area contributed by atoms with Crippen molar-refractivity contribution >= 4 is 11.6 Å². The Kier molecular flexibility index (Phi) is 7.85. The van der Waals surface area contributed by atoms with Gasteiger partial charge in [-0.25, -0.2) is 0 Å². The average Bonchev–Trinajstić information content (AvgIpc) is 2.57. The van der Waals surface area contributed by atoms with Crippen LogP contribution in [0.5, 0.6) is 5.75 Å². The Morgan fingerprint density at radius 2 is 2.00 bits per heavy atom. The van der Waals surface area contributed by atoms with Crippen molar-refractivity contribution in [3.63, 3.8) is 0 Å². The number of carbonyl (C=O) groups is 1. The Bertz CT molecular complexity index is 502. The molecule has 1 saturated heterocycles. The van der Waals surface area contributed by atoms with Crippen LogP contribution in [0.15, 0.2) is 24.3 Å². The third kappa shape index (κ3) is 6.76. The predicted molar refractivity (Wildman–Crippen MR) is 95.6 cm³/mol. The van der Waals surface area contributed by atoms with Crippen LogP contribution in [0.25, 0.3) is 0 Å². The molecule has 0 bridgehead atoms. The zero-order valence-electron chi connectivity index (χ0n) is 14.7. The first-order valence-electron chi connectivity index (χ1n) is 8.71. The van der Waals surface area contributed by atoms with E-state index in [1.54, 1.807) is 0 Å². The third-order valence-corrected chi connectivity index (χ3v) is 3.77. The molecule has 6 nitrogen and oxygen atoms in total. The van der Waals surface area contributed by atoms with E-state index in [0.29, 0.717) is 19.5 Å². The van der Waals surface area contributed by atoms with Gasteiger partial charge in [-0.3, -0.25) is 9.69 Å². The molecule has 6 heteroatoms. The van der Waals surface area contributed by atoms with E-state index in [9.17, 15) is 4.79 Å². The average molecular weight is 335 g/mol. The van der Waals surface area contributed by atoms with Crippen molar-refractivity contribution < 1.29 is 14.3 Å². The molecular formula is C18H29N3O3. The highest BCUT2D eigenvalue weighted by Crippen LogP contribution is 2.24. The van der Waals surface area contributed by atoms with Gasteiger partial charge in [0.15, 0.2) is 0 Å². The van der Waals surface area contributed by atoms with Crippen LogP contribution in [0.2, 0.25) is 0 Å². The number of para-hydroxylation sites is 2. The molecule has 0 aromatic heterocycles. The van der Waals surface area contributed by atoms with Crippen LogP contribution in [0.1, 0.15) is 20.3 Å². The largest absolute Gasteiger partial charge is 0.489 e. The van der Waals surface area contributed by atoms with Crippen molar-refractivity contribution in [2.45, 2.75) is 26.4 Å². The minimum atomic E-state index is 0.0676. The van der Waals surface area contributed by atoms with Gasteiger partial charge >= 0.3 is 0 Å². The Morgan fingerprint density at radius 3 is 2.75 bits per heavy atom. The zero-order chi connectivity index (χ0) is 17.2. The summed E-state index contributed by atoms with van der Waals surface area (Å²) in [4.78, 5) is 14.2. The molecule has 24 heavy (non-hydrogen) atoms.